The fraction of sp³-hybridized carbons (Fsp3) is 0.429. The third-order valence-electron chi connectivity index (χ3n) is 2.85. The van der Waals surface area contributed by atoms with Gasteiger partial charge in [-0.15, -0.1) is 12.4 Å². The summed E-state index contributed by atoms with van der Waals surface area (Å²) in [5.41, 5.74) is 8.26. The molecule has 0 aromatic heterocycles. The van der Waals surface area contributed by atoms with Gasteiger partial charge in [-0.05, 0) is 25.0 Å². The minimum atomic E-state index is -0.770. The van der Waals surface area contributed by atoms with Crippen LogP contribution in [-0.4, -0.2) is 38.1 Å². The number of ether oxygens (including phenoxy) is 1. The van der Waals surface area contributed by atoms with Crippen LogP contribution in [0.25, 0.3) is 0 Å². The van der Waals surface area contributed by atoms with Gasteiger partial charge >= 0.3 is 0 Å². The van der Waals surface area contributed by atoms with E-state index >= 15 is 0 Å². The number of aryl methyl sites for hydroxylation is 2. The Bertz CT molecular complexity index is 474. The fourth-order valence-corrected chi connectivity index (χ4v) is 1.75. The molecule has 0 bridgehead atoms. The van der Waals surface area contributed by atoms with E-state index in [2.05, 4.69) is 10.6 Å². The third-order valence-corrected chi connectivity index (χ3v) is 2.85. The van der Waals surface area contributed by atoms with Crippen LogP contribution in [-0.2, 0) is 14.3 Å². The van der Waals surface area contributed by atoms with Crippen molar-refractivity contribution in [2.24, 2.45) is 5.73 Å². The Morgan fingerprint density at radius 3 is 2.38 bits per heavy atom. The van der Waals surface area contributed by atoms with E-state index < -0.39 is 11.9 Å². The van der Waals surface area contributed by atoms with Gasteiger partial charge in [0.05, 0.1) is 13.2 Å². The maximum absolute atomic E-state index is 11.8. The Hall–Kier alpha value is -1.63. The quantitative estimate of drug-likeness (QED) is 0.722. The van der Waals surface area contributed by atoms with Crippen molar-refractivity contribution in [3.63, 3.8) is 0 Å². The summed E-state index contributed by atoms with van der Waals surface area (Å²) in [6.45, 7) is 3.82. The summed E-state index contributed by atoms with van der Waals surface area (Å²) in [6, 6.07) is 4.98. The second-order valence-electron chi connectivity index (χ2n) is 4.59. The highest BCUT2D eigenvalue weighted by Gasteiger charge is 2.14. The number of benzene rings is 1. The van der Waals surface area contributed by atoms with Gasteiger partial charge < -0.3 is 21.1 Å². The third kappa shape index (κ3) is 6.12. The molecule has 4 N–H and O–H groups in total. The molecule has 0 fully saturated rings. The number of para-hydroxylation sites is 1. The SMILES string of the molecule is COCC(N)C(=O)NCC(=O)Nc1c(C)cccc1C.Cl. The van der Waals surface area contributed by atoms with E-state index in [1.807, 2.05) is 32.0 Å². The molecule has 1 atom stereocenters. The molecule has 21 heavy (non-hydrogen) atoms. The summed E-state index contributed by atoms with van der Waals surface area (Å²) >= 11 is 0. The number of halogens is 1. The van der Waals surface area contributed by atoms with Crippen molar-refractivity contribution in [1.29, 1.82) is 0 Å². The molecule has 0 aliphatic rings. The summed E-state index contributed by atoms with van der Waals surface area (Å²) in [5, 5.41) is 5.25. The molecule has 0 heterocycles. The molecule has 1 unspecified atom stereocenters. The summed E-state index contributed by atoms with van der Waals surface area (Å²) in [6.07, 6.45) is 0. The van der Waals surface area contributed by atoms with Crippen molar-refractivity contribution in [3.05, 3.63) is 29.3 Å². The van der Waals surface area contributed by atoms with Crippen LogP contribution in [0.3, 0.4) is 0 Å². The molecular formula is C14H22ClN3O3. The largest absolute Gasteiger partial charge is 0.383 e. The first-order chi connectivity index (χ1) is 9.45. The molecule has 7 heteroatoms. The highest BCUT2D eigenvalue weighted by molar-refractivity contribution is 5.96. The van der Waals surface area contributed by atoms with Crippen LogP contribution < -0.4 is 16.4 Å². The Labute approximate surface area is 130 Å². The Kier molecular flexibility index (Phi) is 8.61. The van der Waals surface area contributed by atoms with E-state index in [0.717, 1.165) is 16.8 Å². The van der Waals surface area contributed by atoms with Crippen LogP contribution in [0.1, 0.15) is 11.1 Å². The summed E-state index contributed by atoms with van der Waals surface area (Å²) in [4.78, 5) is 23.3. The van der Waals surface area contributed by atoms with E-state index in [-0.39, 0.29) is 31.5 Å². The lowest BCUT2D eigenvalue weighted by atomic mass is 10.1. The molecule has 0 saturated heterocycles. The molecule has 2 amide bonds. The molecular weight excluding hydrogens is 294 g/mol. The van der Waals surface area contributed by atoms with Gasteiger partial charge in [-0.2, -0.15) is 0 Å². The number of carbonyl (C=O) groups is 2. The minimum absolute atomic E-state index is 0. The molecule has 0 spiro atoms. The maximum atomic E-state index is 11.8. The summed E-state index contributed by atoms with van der Waals surface area (Å²) < 4.78 is 4.77. The highest BCUT2D eigenvalue weighted by Crippen LogP contribution is 2.18. The first-order valence-electron chi connectivity index (χ1n) is 6.34. The van der Waals surface area contributed by atoms with Crippen molar-refractivity contribution in [3.8, 4) is 0 Å². The second kappa shape index (κ2) is 9.33. The topological polar surface area (TPSA) is 93.4 Å². The molecule has 1 aromatic rings. The maximum Gasteiger partial charge on any atom is 0.243 e. The molecule has 0 saturated carbocycles. The molecule has 1 rings (SSSR count). The first-order valence-corrected chi connectivity index (χ1v) is 6.34. The number of rotatable bonds is 6. The van der Waals surface area contributed by atoms with Crippen LogP contribution in [0.4, 0.5) is 5.69 Å². The zero-order chi connectivity index (χ0) is 15.1. The average Bonchev–Trinajstić information content (AvgIpc) is 2.40. The lowest BCUT2D eigenvalue weighted by Crippen LogP contribution is -2.45. The standard InChI is InChI=1S/C14H21N3O3.ClH/c1-9-5-4-6-10(2)13(9)17-12(18)7-16-14(19)11(15)8-20-3;/h4-6,11H,7-8,15H2,1-3H3,(H,16,19)(H,17,18);1H. The monoisotopic (exact) mass is 315 g/mol. The minimum Gasteiger partial charge on any atom is -0.383 e. The van der Waals surface area contributed by atoms with Crippen LogP contribution in [0.2, 0.25) is 0 Å². The lowest BCUT2D eigenvalue weighted by Gasteiger charge is -2.13. The molecule has 0 radical (unpaired) electrons. The van der Waals surface area contributed by atoms with Crippen LogP contribution in [0, 0.1) is 13.8 Å². The van der Waals surface area contributed by atoms with Gasteiger partial charge in [-0.1, -0.05) is 18.2 Å². The van der Waals surface area contributed by atoms with E-state index in [9.17, 15) is 9.59 Å². The first kappa shape index (κ1) is 19.4. The van der Waals surface area contributed by atoms with Gasteiger partial charge in [0.15, 0.2) is 0 Å². The van der Waals surface area contributed by atoms with Crippen LogP contribution >= 0.6 is 12.4 Å². The van der Waals surface area contributed by atoms with E-state index in [0.29, 0.717) is 0 Å². The molecule has 1 aromatic carbocycles. The second-order valence-corrected chi connectivity index (χ2v) is 4.59. The highest BCUT2D eigenvalue weighted by atomic mass is 35.5. The molecule has 6 nitrogen and oxygen atoms in total. The van der Waals surface area contributed by atoms with Crippen LogP contribution in [0.5, 0.6) is 0 Å². The molecule has 0 aliphatic carbocycles. The van der Waals surface area contributed by atoms with Gasteiger partial charge in [0, 0.05) is 12.8 Å². The van der Waals surface area contributed by atoms with E-state index in [1.165, 1.54) is 7.11 Å². The number of carbonyl (C=O) groups excluding carboxylic acids is 2. The van der Waals surface area contributed by atoms with Crippen LogP contribution in [0.15, 0.2) is 18.2 Å². The predicted molar refractivity (Wildman–Crippen MR) is 84.7 cm³/mol. The number of hydrogen-bond donors (Lipinski definition) is 3. The Balaban J connectivity index is 0.00000400. The van der Waals surface area contributed by atoms with Gasteiger partial charge in [-0.3, -0.25) is 9.59 Å². The van der Waals surface area contributed by atoms with Gasteiger partial charge in [0.2, 0.25) is 11.8 Å². The number of anilines is 1. The summed E-state index contributed by atoms with van der Waals surface area (Å²) in [7, 11) is 1.46. The van der Waals surface area contributed by atoms with E-state index in [1.54, 1.807) is 0 Å². The Morgan fingerprint density at radius 2 is 1.86 bits per heavy atom. The fourth-order valence-electron chi connectivity index (χ4n) is 1.75. The zero-order valence-corrected chi connectivity index (χ0v) is 13.3. The Morgan fingerprint density at radius 1 is 1.29 bits per heavy atom. The number of hydrogen-bond acceptors (Lipinski definition) is 4. The summed E-state index contributed by atoms with van der Waals surface area (Å²) in [5.74, 6) is -0.705. The number of amides is 2. The predicted octanol–water partition coefficient (Wildman–Crippen LogP) is 0.754. The number of nitrogens with one attached hydrogen (secondary N) is 2. The van der Waals surface area contributed by atoms with Crippen molar-refractivity contribution in [1.82, 2.24) is 5.32 Å². The van der Waals surface area contributed by atoms with E-state index in [4.69, 9.17) is 10.5 Å². The molecule has 118 valence electrons. The smallest absolute Gasteiger partial charge is 0.243 e. The van der Waals surface area contributed by atoms with Crippen molar-refractivity contribution in [2.45, 2.75) is 19.9 Å². The van der Waals surface area contributed by atoms with Gasteiger partial charge in [-0.25, -0.2) is 0 Å². The normalized spacial score (nSPS) is 11.2. The van der Waals surface area contributed by atoms with Crippen molar-refractivity contribution >= 4 is 29.9 Å². The van der Waals surface area contributed by atoms with Crippen molar-refractivity contribution < 1.29 is 14.3 Å². The number of methoxy groups -OCH3 is 1. The van der Waals surface area contributed by atoms with Crippen molar-refractivity contribution in [2.75, 3.05) is 25.6 Å². The molecule has 0 aliphatic heterocycles. The average molecular weight is 316 g/mol. The number of nitrogens with two attached hydrogens (primary N) is 1. The van der Waals surface area contributed by atoms with Gasteiger partial charge in [0.1, 0.15) is 6.04 Å². The lowest BCUT2D eigenvalue weighted by molar-refractivity contribution is -0.126. The zero-order valence-electron chi connectivity index (χ0n) is 12.4. The van der Waals surface area contributed by atoms with Gasteiger partial charge in [0.25, 0.3) is 0 Å².